The highest BCUT2D eigenvalue weighted by Gasteiger charge is 2.02. The minimum Gasteiger partial charge on any atom is -0.469 e. The van der Waals surface area contributed by atoms with Gasteiger partial charge in [-0.15, -0.1) is 0 Å². The summed E-state index contributed by atoms with van der Waals surface area (Å²) in [7, 11) is 3.02. The monoisotopic (exact) mass is 224 g/mol. The number of nitrogens with one attached hydrogen (secondary N) is 1. The van der Waals surface area contributed by atoms with Crippen LogP contribution in [0.2, 0.25) is 0 Å². The molecular formula is C11H16N2O3. The molecule has 0 unspecified atom stereocenters. The highest BCUT2D eigenvalue weighted by molar-refractivity contribution is 5.72. The van der Waals surface area contributed by atoms with E-state index in [0.29, 0.717) is 13.2 Å². The summed E-state index contributed by atoms with van der Waals surface area (Å²) < 4.78 is 9.47. The van der Waals surface area contributed by atoms with Crippen LogP contribution in [0.15, 0.2) is 18.3 Å². The highest BCUT2D eigenvalue weighted by Crippen LogP contribution is 2.05. The Kier molecular flexibility index (Phi) is 5.28. The average Bonchev–Trinajstić information content (AvgIpc) is 2.31. The Morgan fingerprint density at radius 1 is 1.44 bits per heavy atom. The predicted octanol–water partition coefficient (Wildman–Crippen LogP) is 0.855. The fourth-order valence-corrected chi connectivity index (χ4v) is 1.15. The minimum atomic E-state index is -0.262. The van der Waals surface area contributed by atoms with Crippen molar-refractivity contribution in [3.05, 3.63) is 23.9 Å². The van der Waals surface area contributed by atoms with Crippen molar-refractivity contribution >= 4 is 11.8 Å². The third kappa shape index (κ3) is 4.27. The van der Waals surface area contributed by atoms with Gasteiger partial charge in [0.1, 0.15) is 5.82 Å². The van der Waals surface area contributed by atoms with Crippen LogP contribution < -0.4 is 5.32 Å². The Balaban J connectivity index is 2.44. The number of methoxy groups -OCH3 is 2. The van der Waals surface area contributed by atoms with E-state index in [1.807, 2.05) is 12.1 Å². The molecule has 0 aliphatic carbocycles. The van der Waals surface area contributed by atoms with Gasteiger partial charge in [0, 0.05) is 19.9 Å². The summed E-state index contributed by atoms with van der Waals surface area (Å²) in [4.78, 5) is 15.2. The second-order valence-electron chi connectivity index (χ2n) is 3.22. The van der Waals surface area contributed by atoms with Crippen LogP contribution in [0.5, 0.6) is 0 Å². The lowest BCUT2D eigenvalue weighted by molar-refractivity contribution is -0.139. The first-order valence-electron chi connectivity index (χ1n) is 5.01. The van der Waals surface area contributed by atoms with Crippen molar-refractivity contribution in [3.63, 3.8) is 0 Å². The number of carbonyl (C=O) groups excluding carboxylic acids is 1. The normalized spacial score (nSPS) is 9.88. The Labute approximate surface area is 94.8 Å². The number of aromatic nitrogens is 1. The van der Waals surface area contributed by atoms with Gasteiger partial charge < -0.3 is 14.8 Å². The van der Waals surface area contributed by atoms with E-state index in [1.54, 1.807) is 13.3 Å². The van der Waals surface area contributed by atoms with Crippen molar-refractivity contribution in [2.45, 2.75) is 6.42 Å². The van der Waals surface area contributed by atoms with Crippen LogP contribution in [0.25, 0.3) is 0 Å². The van der Waals surface area contributed by atoms with E-state index in [1.165, 1.54) is 7.11 Å². The van der Waals surface area contributed by atoms with Gasteiger partial charge >= 0.3 is 5.97 Å². The van der Waals surface area contributed by atoms with E-state index in [9.17, 15) is 4.79 Å². The van der Waals surface area contributed by atoms with Crippen LogP contribution in [0, 0.1) is 0 Å². The molecule has 0 aliphatic heterocycles. The van der Waals surface area contributed by atoms with Gasteiger partial charge in [-0.05, 0) is 11.6 Å². The van der Waals surface area contributed by atoms with Gasteiger partial charge in [-0.3, -0.25) is 4.79 Å². The molecule has 88 valence electrons. The van der Waals surface area contributed by atoms with E-state index < -0.39 is 0 Å². The fourth-order valence-electron chi connectivity index (χ4n) is 1.15. The number of carbonyl (C=O) groups is 1. The SMILES string of the molecule is COCCNc1ccc(CC(=O)OC)cn1. The van der Waals surface area contributed by atoms with E-state index >= 15 is 0 Å². The molecule has 1 heterocycles. The molecule has 0 saturated carbocycles. The van der Waals surface area contributed by atoms with Crippen molar-refractivity contribution in [2.24, 2.45) is 0 Å². The van der Waals surface area contributed by atoms with Crippen LogP contribution in [-0.2, 0) is 20.7 Å². The van der Waals surface area contributed by atoms with Crippen molar-refractivity contribution in [3.8, 4) is 0 Å². The summed E-state index contributed by atoms with van der Waals surface area (Å²) in [6, 6.07) is 3.67. The van der Waals surface area contributed by atoms with Gasteiger partial charge in [0.2, 0.25) is 0 Å². The van der Waals surface area contributed by atoms with Gasteiger partial charge in [0.05, 0.1) is 20.1 Å². The van der Waals surface area contributed by atoms with Crippen LogP contribution in [0.4, 0.5) is 5.82 Å². The predicted molar refractivity (Wildman–Crippen MR) is 60.3 cm³/mol. The number of hydrogen-bond donors (Lipinski definition) is 1. The second-order valence-corrected chi connectivity index (χ2v) is 3.22. The van der Waals surface area contributed by atoms with Crippen LogP contribution in [0.3, 0.4) is 0 Å². The van der Waals surface area contributed by atoms with Crippen molar-refractivity contribution < 1.29 is 14.3 Å². The van der Waals surface area contributed by atoms with E-state index in [0.717, 1.165) is 11.4 Å². The Bertz CT molecular complexity index is 325. The zero-order chi connectivity index (χ0) is 11.8. The maximum atomic E-state index is 11.0. The van der Waals surface area contributed by atoms with E-state index in [2.05, 4.69) is 15.0 Å². The molecule has 5 heteroatoms. The first-order valence-corrected chi connectivity index (χ1v) is 5.01. The zero-order valence-electron chi connectivity index (χ0n) is 9.53. The Hall–Kier alpha value is -1.62. The second kappa shape index (κ2) is 6.79. The topological polar surface area (TPSA) is 60.5 Å². The van der Waals surface area contributed by atoms with Crippen LogP contribution in [0.1, 0.15) is 5.56 Å². The standard InChI is InChI=1S/C11H16N2O3/c1-15-6-5-12-10-4-3-9(8-13-10)7-11(14)16-2/h3-4,8H,5-7H2,1-2H3,(H,12,13). The van der Waals surface area contributed by atoms with Crippen molar-refractivity contribution in [1.82, 2.24) is 4.98 Å². The molecule has 5 nitrogen and oxygen atoms in total. The molecule has 0 aromatic carbocycles. The quantitative estimate of drug-likeness (QED) is 0.573. The van der Waals surface area contributed by atoms with Crippen molar-refractivity contribution in [1.29, 1.82) is 0 Å². The van der Waals surface area contributed by atoms with Crippen LogP contribution >= 0.6 is 0 Å². The molecule has 0 radical (unpaired) electrons. The summed E-state index contributed by atoms with van der Waals surface area (Å²) >= 11 is 0. The first kappa shape index (κ1) is 12.4. The molecule has 0 atom stereocenters. The molecule has 1 N–H and O–H groups in total. The minimum absolute atomic E-state index is 0.252. The zero-order valence-corrected chi connectivity index (χ0v) is 9.53. The third-order valence-corrected chi connectivity index (χ3v) is 2.01. The number of nitrogens with zero attached hydrogens (tertiary/aromatic N) is 1. The fraction of sp³-hybridized carbons (Fsp3) is 0.455. The third-order valence-electron chi connectivity index (χ3n) is 2.01. The summed E-state index contributed by atoms with van der Waals surface area (Å²) in [5.74, 6) is 0.507. The molecule has 1 aromatic heterocycles. The summed E-state index contributed by atoms with van der Waals surface area (Å²) in [5, 5.41) is 3.09. The van der Waals surface area contributed by atoms with Crippen LogP contribution in [-0.4, -0.2) is 38.3 Å². The maximum Gasteiger partial charge on any atom is 0.310 e. The molecule has 0 fully saturated rings. The number of hydrogen-bond acceptors (Lipinski definition) is 5. The van der Waals surface area contributed by atoms with E-state index in [4.69, 9.17) is 4.74 Å². The summed E-state index contributed by atoms with van der Waals surface area (Å²) in [6.07, 6.45) is 1.91. The highest BCUT2D eigenvalue weighted by atomic mass is 16.5. The summed E-state index contributed by atoms with van der Waals surface area (Å²) in [6.45, 7) is 1.34. The lowest BCUT2D eigenvalue weighted by Crippen LogP contribution is -2.09. The molecule has 0 aliphatic rings. The molecule has 0 amide bonds. The Morgan fingerprint density at radius 3 is 2.81 bits per heavy atom. The largest absolute Gasteiger partial charge is 0.469 e. The van der Waals surface area contributed by atoms with Crippen molar-refractivity contribution in [2.75, 3.05) is 32.7 Å². The number of esters is 1. The number of anilines is 1. The smallest absolute Gasteiger partial charge is 0.310 e. The molecule has 0 spiro atoms. The number of pyridine rings is 1. The first-order chi connectivity index (χ1) is 7.76. The van der Waals surface area contributed by atoms with Gasteiger partial charge in [-0.1, -0.05) is 6.07 Å². The molecular weight excluding hydrogens is 208 g/mol. The van der Waals surface area contributed by atoms with Gasteiger partial charge in [-0.25, -0.2) is 4.98 Å². The van der Waals surface area contributed by atoms with E-state index in [-0.39, 0.29) is 12.4 Å². The number of rotatable bonds is 6. The van der Waals surface area contributed by atoms with Gasteiger partial charge in [0.25, 0.3) is 0 Å². The van der Waals surface area contributed by atoms with Gasteiger partial charge in [-0.2, -0.15) is 0 Å². The molecule has 1 rings (SSSR count). The summed E-state index contributed by atoms with van der Waals surface area (Å²) in [5.41, 5.74) is 0.837. The van der Waals surface area contributed by atoms with Gasteiger partial charge in [0.15, 0.2) is 0 Å². The maximum absolute atomic E-state index is 11.0. The molecule has 0 saturated heterocycles. The molecule has 16 heavy (non-hydrogen) atoms. The lowest BCUT2D eigenvalue weighted by atomic mass is 10.2. The Morgan fingerprint density at radius 2 is 2.25 bits per heavy atom. The average molecular weight is 224 g/mol. The molecule has 0 bridgehead atoms. The molecule has 1 aromatic rings. The lowest BCUT2D eigenvalue weighted by Gasteiger charge is -2.05. The number of ether oxygens (including phenoxy) is 2.